The second-order valence-electron chi connectivity index (χ2n) is 5.80. The molecule has 4 nitrogen and oxygen atoms in total. The summed E-state index contributed by atoms with van der Waals surface area (Å²) >= 11 is 1.89. The number of hydrogen-bond acceptors (Lipinski definition) is 5. The molecule has 3 heterocycles. The standard InChI is InChI=1S/C14H24N4S/c1-12-2-6-18(7-3-12)14-16-10-13(19-14)11-17-8-4-15-5-9-17/h10,12,15H,2-9,11H2,1H3. The van der Waals surface area contributed by atoms with Crippen LogP contribution in [0.15, 0.2) is 6.20 Å². The highest BCUT2D eigenvalue weighted by Crippen LogP contribution is 2.27. The molecule has 2 saturated heterocycles. The molecule has 106 valence electrons. The van der Waals surface area contributed by atoms with Gasteiger partial charge in [0.2, 0.25) is 0 Å². The maximum Gasteiger partial charge on any atom is 0.185 e. The quantitative estimate of drug-likeness (QED) is 0.914. The van der Waals surface area contributed by atoms with Crippen LogP contribution in [-0.2, 0) is 6.54 Å². The SMILES string of the molecule is CC1CCN(c2ncc(CN3CCNCC3)s2)CC1. The molecular formula is C14H24N4S. The molecule has 19 heavy (non-hydrogen) atoms. The van der Waals surface area contributed by atoms with Crippen molar-refractivity contribution in [2.45, 2.75) is 26.3 Å². The summed E-state index contributed by atoms with van der Waals surface area (Å²) in [5.41, 5.74) is 0. The number of anilines is 1. The van der Waals surface area contributed by atoms with E-state index in [9.17, 15) is 0 Å². The first kappa shape index (κ1) is 13.3. The zero-order chi connectivity index (χ0) is 13.1. The van der Waals surface area contributed by atoms with Crippen molar-refractivity contribution in [1.29, 1.82) is 0 Å². The molecule has 0 radical (unpaired) electrons. The van der Waals surface area contributed by atoms with Gasteiger partial charge in [0.15, 0.2) is 5.13 Å². The first-order chi connectivity index (χ1) is 9.31. The Kier molecular flexibility index (Phi) is 4.35. The Morgan fingerprint density at radius 1 is 1.26 bits per heavy atom. The van der Waals surface area contributed by atoms with E-state index >= 15 is 0 Å². The van der Waals surface area contributed by atoms with E-state index in [1.807, 2.05) is 11.3 Å². The maximum absolute atomic E-state index is 4.63. The summed E-state index contributed by atoms with van der Waals surface area (Å²) in [6.07, 6.45) is 4.71. The third-order valence-corrected chi connectivity index (χ3v) is 5.23. The number of nitrogens with zero attached hydrogens (tertiary/aromatic N) is 3. The second kappa shape index (κ2) is 6.20. The molecule has 1 N–H and O–H groups in total. The molecule has 1 aromatic heterocycles. The number of rotatable bonds is 3. The third kappa shape index (κ3) is 3.46. The summed E-state index contributed by atoms with van der Waals surface area (Å²) < 4.78 is 0. The van der Waals surface area contributed by atoms with Gasteiger partial charge in [0.05, 0.1) is 0 Å². The summed E-state index contributed by atoms with van der Waals surface area (Å²) in [4.78, 5) is 11.0. The molecule has 0 amide bonds. The molecule has 0 aromatic carbocycles. The molecular weight excluding hydrogens is 256 g/mol. The normalized spacial score (nSPS) is 22.9. The van der Waals surface area contributed by atoms with E-state index in [1.54, 1.807) is 0 Å². The maximum atomic E-state index is 4.63. The smallest absolute Gasteiger partial charge is 0.185 e. The zero-order valence-electron chi connectivity index (χ0n) is 11.8. The molecule has 0 unspecified atom stereocenters. The number of thiazole rings is 1. The summed E-state index contributed by atoms with van der Waals surface area (Å²) in [6, 6.07) is 0. The lowest BCUT2D eigenvalue weighted by Gasteiger charge is -2.29. The van der Waals surface area contributed by atoms with Gasteiger partial charge in [0, 0.05) is 56.9 Å². The number of piperidine rings is 1. The Labute approximate surface area is 119 Å². The van der Waals surface area contributed by atoms with Crippen molar-refractivity contribution < 1.29 is 0 Å². The van der Waals surface area contributed by atoms with Gasteiger partial charge in [-0.2, -0.15) is 0 Å². The highest BCUT2D eigenvalue weighted by molar-refractivity contribution is 7.15. The van der Waals surface area contributed by atoms with Crippen molar-refractivity contribution in [2.24, 2.45) is 5.92 Å². The van der Waals surface area contributed by atoms with Crippen LogP contribution in [0.4, 0.5) is 5.13 Å². The molecule has 0 aliphatic carbocycles. The van der Waals surface area contributed by atoms with Crippen molar-refractivity contribution in [3.05, 3.63) is 11.1 Å². The highest BCUT2D eigenvalue weighted by Gasteiger charge is 2.19. The molecule has 2 aliphatic heterocycles. The summed E-state index contributed by atoms with van der Waals surface area (Å²) in [5.74, 6) is 0.886. The highest BCUT2D eigenvalue weighted by atomic mass is 32.1. The number of hydrogen-bond donors (Lipinski definition) is 1. The van der Waals surface area contributed by atoms with Gasteiger partial charge in [-0.3, -0.25) is 4.90 Å². The van der Waals surface area contributed by atoms with Crippen molar-refractivity contribution in [1.82, 2.24) is 15.2 Å². The zero-order valence-corrected chi connectivity index (χ0v) is 12.6. The van der Waals surface area contributed by atoms with E-state index in [-0.39, 0.29) is 0 Å². The Balaban J connectivity index is 1.56. The molecule has 5 heteroatoms. The Morgan fingerprint density at radius 2 is 2.00 bits per heavy atom. The van der Waals surface area contributed by atoms with E-state index in [4.69, 9.17) is 0 Å². The lowest BCUT2D eigenvalue weighted by atomic mass is 10.00. The van der Waals surface area contributed by atoms with Crippen molar-refractivity contribution >= 4 is 16.5 Å². The van der Waals surface area contributed by atoms with Crippen LogP contribution in [0, 0.1) is 5.92 Å². The van der Waals surface area contributed by atoms with Gasteiger partial charge < -0.3 is 10.2 Å². The summed E-state index contributed by atoms with van der Waals surface area (Å²) in [5, 5.41) is 4.63. The molecule has 0 atom stereocenters. The first-order valence-electron chi connectivity index (χ1n) is 7.44. The molecule has 1 aromatic rings. The van der Waals surface area contributed by atoms with E-state index < -0.39 is 0 Å². The van der Waals surface area contributed by atoms with Crippen LogP contribution in [-0.4, -0.2) is 49.2 Å². The lowest BCUT2D eigenvalue weighted by molar-refractivity contribution is 0.235. The predicted octanol–water partition coefficient (Wildman–Crippen LogP) is 1.78. The average Bonchev–Trinajstić information content (AvgIpc) is 2.89. The van der Waals surface area contributed by atoms with E-state index in [2.05, 4.69) is 33.2 Å². The predicted molar refractivity (Wildman–Crippen MR) is 80.9 cm³/mol. The minimum atomic E-state index is 0.886. The van der Waals surface area contributed by atoms with Gasteiger partial charge >= 0.3 is 0 Å². The first-order valence-corrected chi connectivity index (χ1v) is 8.25. The Morgan fingerprint density at radius 3 is 2.74 bits per heavy atom. The molecule has 3 rings (SSSR count). The fourth-order valence-corrected chi connectivity index (χ4v) is 3.81. The van der Waals surface area contributed by atoms with Gasteiger partial charge in [-0.05, 0) is 18.8 Å². The van der Waals surface area contributed by atoms with Gasteiger partial charge in [0.1, 0.15) is 0 Å². The van der Waals surface area contributed by atoms with Crippen LogP contribution < -0.4 is 10.2 Å². The Hall–Kier alpha value is -0.650. The summed E-state index contributed by atoms with van der Waals surface area (Å²) in [6.45, 7) is 10.4. The van der Waals surface area contributed by atoms with Crippen molar-refractivity contribution in [2.75, 3.05) is 44.2 Å². The largest absolute Gasteiger partial charge is 0.348 e. The minimum absolute atomic E-state index is 0.886. The summed E-state index contributed by atoms with van der Waals surface area (Å²) in [7, 11) is 0. The number of nitrogens with one attached hydrogen (secondary N) is 1. The van der Waals surface area contributed by atoms with Crippen LogP contribution in [0.5, 0.6) is 0 Å². The third-order valence-electron chi connectivity index (χ3n) is 4.18. The van der Waals surface area contributed by atoms with Gasteiger partial charge in [0.25, 0.3) is 0 Å². The molecule has 2 aliphatic rings. The van der Waals surface area contributed by atoms with Gasteiger partial charge in [-0.15, -0.1) is 11.3 Å². The van der Waals surface area contributed by atoms with Gasteiger partial charge in [-0.1, -0.05) is 6.92 Å². The van der Waals surface area contributed by atoms with Gasteiger partial charge in [-0.25, -0.2) is 4.98 Å². The number of aromatic nitrogens is 1. The molecule has 0 saturated carbocycles. The lowest BCUT2D eigenvalue weighted by Crippen LogP contribution is -2.42. The number of piperazine rings is 1. The van der Waals surface area contributed by atoms with Crippen molar-refractivity contribution in [3.63, 3.8) is 0 Å². The second-order valence-corrected chi connectivity index (χ2v) is 6.90. The average molecular weight is 280 g/mol. The molecule has 0 spiro atoms. The van der Waals surface area contributed by atoms with Crippen LogP contribution in [0.25, 0.3) is 0 Å². The Bertz CT molecular complexity index is 392. The van der Waals surface area contributed by atoms with E-state index in [0.717, 1.165) is 38.6 Å². The minimum Gasteiger partial charge on any atom is -0.348 e. The fraction of sp³-hybridized carbons (Fsp3) is 0.786. The fourth-order valence-electron chi connectivity index (χ4n) is 2.81. The van der Waals surface area contributed by atoms with Crippen LogP contribution in [0.3, 0.4) is 0 Å². The molecule has 0 bridgehead atoms. The van der Waals surface area contributed by atoms with Crippen LogP contribution in [0.1, 0.15) is 24.6 Å². The monoisotopic (exact) mass is 280 g/mol. The van der Waals surface area contributed by atoms with Crippen molar-refractivity contribution in [3.8, 4) is 0 Å². The topological polar surface area (TPSA) is 31.4 Å². The van der Waals surface area contributed by atoms with Crippen LogP contribution in [0.2, 0.25) is 0 Å². The molecule has 2 fully saturated rings. The van der Waals surface area contributed by atoms with E-state index in [0.29, 0.717) is 0 Å². The van der Waals surface area contributed by atoms with E-state index in [1.165, 1.54) is 35.9 Å². The van der Waals surface area contributed by atoms with Crippen LogP contribution >= 0.6 is 11.3 Å².